The molecular weight excluding hydrogens is 384 g/mol. The number of benzene rings is 1. The fourth-order valence-electron chi connectivity index (χ4n) is 2.37. The molecule has 1 aliphatic heterocycles. The van der Waals surface area contributed by atoms with Crippen molar-refractivity contribution in [1.82, 2.24) is 15.1 Å². The van der Waals surface area contributed by atoms with Gasteiger partial charge < -0.3 is 9.80 Å². The molecule has 2 aromatic rings. The van der Waals surface area contributed by atoms with Crippen molar-refractivity contribution in [1.29, 1.82) is 0 Å². The van der Waals surface area contributed by atoms with Crippen molar-refractivity contribution in [2.45, 2.75) is 6.18 Å². The van der Waals surface area contributed by atoms with Gasteiger partial charge in [0.15, 0.2) is 0 Å². The highest BCUT2D eigenvalue weighted by Gasteiger charge is 2.36. The molecular formula is C14H11ClF4N4OS. The summed E-state index contributed by atoms with van der Waals surface area (Å²) in [6, 6.07) is 3.80. The van der Waals surface area contributed by atoms with E-state index in [2.05, 4.69) is 10.2 Å². The van der Waals surface area contributed by atoms with Gasteiger partial charge in [-0.2, -0.15) is 13.2 Å². The van der Waals surface area contributed by atoms with Crippen LogP contribution in [-0.2, 0) is 6.18 Å². The molecule has 1 aromatic carbocycles. The Labute approximate surface area is 148 Å². The predicted octanol–water partition coefficient (Wildman–Crippen LogP) is 3.31. The predicted molar refractivity (Wildman–Crippen MR) is 84.4 cm³/mol. The normalized spacial score (nSPS) is 15.6. The molecule has 5 nitrogen and oxygen atoms in total. The van der Waals surface area contributed by atoms with Crippen molar-refractivity contribution < 1.29 is 22.4 Å². The van der Waals surface area contributed by atoms with Crippen LogP contribution in [0.4, 0.5) is 22.7 Å². The Balaban J connectivity index is 1.64. The van der Waals surface area contributed by atoms with Gasteiger partial charge in [-0.15, -0.1) is 10.2 Å². The van der Waals surface area contributed by atoms with E-state index in [4.69, 9.17) is 11.6 Å². The number of halogens is 5. The Morgan fingerprint density at radius 3 is 2.40 bits per heavy atom. The van der Waals surface area contributed by atoms with Crippen LogP contribution in [0.5, 0.6) is 0 Å². The molecule has 1 aliphatic rings. The second-order valence-electron chi connectivity index (χ2n) is 5.30. The fourth-order valence-corrected chi connectivity index (χ4v) is 3.25. The van der Waals surface area contributed by atoms with Gasteiger partial charge in [0.1, 0.15) is 5.82 Å². The van der Waals surface area contributed by atoms with Crippen LogP contribution in [0.15, 0.2) is 18.2 Å². The van der Waals surface area contributed by atoms with E-state index >= 15 is 0 Å². The highest BCUT2D eigenvalue weighted by Crippen LogP contribution is 2.34. The second kappa shape index (κ2) is 6.75. The van der Waals surface area contributed by atoms with E-state index in [9.17, 15) is 22.4 Å². The molecule has 1 amide bonds. The zero-order valence-corrected chi connectivity index (χ0v) is 14.1. The molecule has 0 spiro atoms. The third kappa shape index (κ3) is 3.84. The molecule has 11 heteroatoms. The monoisotopic (exact) mass is 394 g/mol. The topological polar surface area (TPSA) is 49.3 Å². The first-order valence-corrected chi connectivity index (χ1v) is 8.35. The van der Waals surface area contributed by atoms with Crippen molar-refractivity contribution in [2.75, 3.05) is 31.1 Å². The van der Waals surface area contributed by atoms with E-state index in [0.717, 1.165) is 6.07 Å². The van der Waals surface area contributed by atoms with Gasteiger partial charge in [-0.25, -0.2) is 4.39 Å². The molecule has 0 atom stereocenters. The summed E-state index contributed by atoms with van der Waals surface area (Å²) in [4.78, 5) is 15.5. The maximum atomic E-state index is 13.5. The number of anilines is 1. The summed E-state index contributed by atoms with van der Waals surface area (Å²) in [5, 5.41) is 5.80. The molecule has 134 valence electrons. The Kier molecular flexibility index (Phi) is 4.83. The van der Waals surface area contributed by atoms with Gasteiger partial charge in [0.25, 0.3) is 5.91 Å². The van der Waals surface area contributed by atoms with Gasteiger partial charge in [-0.3, -0.25) is 4.79 Å². The van der Waals surface area contributed by atoms with E-state index in [1.165, 1.54) is 17.0 Å². The Morgan fingerprint density at radius 2 is 1.84 bits per heavy atom. The number of hydrogen-bond acceptors (Lipinski definition) is 5. The number of amides is 1. The number of nitrogens with zero attached hydrogens (tertiary/aromatic N) is 4. The molecule has 1 aromatic heterocycles. The third-order valence-corrected chi connectivity index (χ3v) is 5.00. The molecule has 0 N–H and O–H groups in total. The van der Waals surface area contributed by atoms with Gasteiger partial charge in [-0.05, 0) is 18.2 Å². The highest BCUT2D eigenvalue weighted by molar-refractivity contribution is 7.15. The summed E-state index contributed by atoms with van der Waals surface area (Å²) in [5.41, 5.74) is 0.172. The van der Waals surface area contributed by atoms with Gasteiger partial charge in [0.2, 0.25) is 10.1 Å². The summed E-state index contributed by atoms with van der Waals surface area (Å²) >= 11 is 6.06. The summed E-state index contributed by atoms with van der Waals surface area (Å²) in [5.74, 6) is -1.04. The molecule has 0 saturated carbocycles. The maximum absolute atomic E-state index is 13.5. The van der Waals surface area contributed by atoms with Crippen molar-refractivity contribution in [3.05, 3.63) is 39.6 Å². The van der Waals surface area contributed by atoms with Crippen LogP contribution >= 0.6 is 22.9 Å². The van der Waals surface area contributed by atoms with Crippen molar-refractivity contribution in [3.63, 3.8) is 0 Å². The van der Waals surface area contributed by atoms with Gasteiger partial charge >= 0.3 is 6.18 Å². The van der Waals surface area contributed by atoms with Crippen molar-refractivity contribution >= 4 is 34.0 Å². The van der Waals surface area contributed by atoms with Crippen LogP contribution in [0.3, 0.4) is 0 Å². The number of carbonyl (C=O) groups excluding carboxylic acids is 1. The highest BCUT2D eigenvalue weighted by atomic mass is 35.5. The molecule has 2 heterocycles. The zero-order chi connectivity index (χ0) is 18.2. The van der Waals surface area contributed by atoms with Crippen LogP contribution in [0, 0.1) is 5.82 Å². The Hall–Kier alpha value is -1.94. The number of alkyl halides is 3. The minimum Gasteiger partial charge on any atom is -0.343 e. The molecule has 0 aliphatic carbocycles. The summed E-state index contributed by atoms with van der Waals surface area (Å²) in [6.45, 7) is 1.19. The van der Waals surface area contributed by atoms with Gasteiger partial charge in [0.05, 0.1) is 5.02 Å². The van der Waals surface area contributed by atoms with E-state index in [-0.39, 0.29) is 34.7 Å². The number of rotatable bonds is 2. The van der Waals surface area contributed by atoms with Crippen molar-refractivity contribution in [2.24, 2.45) is 0 Å². The lowest BCUT2D eigenvalue weighted by molar-refractivity contribution is -0.138. The largest absolute Gasteiger partial charge is 0.445 e. The molecule has 0 unspecified atom stereocenters. The average molecular weight is 395 g/mol. The first-order valence-electron chi connectivity index (χ1n) is 7.15. The lowest BCUT2D eigenvalue weighted by Crippen LogP contribution is -2.48. The van der Waals surface area contributed by atoms with Crippen LogP contribution < -0.4 is 4.90 Å². The number of aromatic nitrogens is 2. The van der Waals surface area contributed by atoms with Gasteiger partial charge in [-0.1, -0.05) is 22.9 Å². The summed E-state index contributed by atoms with van der Waals surface area (Å²) < 4.78 is 51.2. The van der Waals surface area contributed by atoms with Crippen LogP contribution in [0.1, 0.15) is 15.4 Å². The van der Waals surface area contributed by atoms with Crippen molar-refractivity contribution in [3.8, 4) is 0 Å². The molecule has 25 heavy (non-hydrogen) atoms. The third-order valence-electron chi connectivity index (χ3n) is 3.66. The smallest absolute Gasteiger partial charge is 0.343 e. The van der Waals surface area contributed by atoms with E-state index in [1.54, 1.807) is 4.90 Å². The van der Waals surface area contributed by atoms with Crippen LogP contribution in [0.25, 0.3) is 0 Å². The first-order chi connectivity index (χ1) is 11.8. The SMILES string of the molecule is O=C(c1ccc(Cl)c(F)c1)N1CCN(c2nnc(C(F)(F)F)s2)CC1. The number of carbonyl (C=O) groups is 1. The fraction of sp³-hybridized carbons (Fsp3) is 0.357. The zero-order valence-electron chi connectivity index (χ0n) is 12.6. The first kappa shape index (κ1) is 17.9. The Morgan fingerprint density at radius 1 is 1.16 bits per heavy atom. The molecule has 3 rings (SSSR count). The number of hydrogen-bond donors (Lipinski definition) is 0. The Bertz CT molecular complexity index is 789. The standard InChI is InChI=1S/C14H11ClF4N4OS/c15-9-2-1-8(7-10(9)16)11(24)22-3-5-23(6-4-22)13-21-20-12(25-13)14(17,18)19/h1-2,7H,3-6H2. The molecule has 1 saturated heterocycles. The van der Waals surface area contributed by atoms with E-state index < -0.39 is 17.0 Å². The minimum atomic E-state index is -4.52. The molecule has 0 radical (unpaired) electrons. The minimum absolute atomic E-state index is 0.0712. The summed E-state index contributed by atoms with van der Waals surface area (Å²) in [7, 11) is 0. The lowest BCUT2D eigenvalue weighted by atomic mass is 10.1. The van der Waals surface area contributed by atoms with Crippen LogP contribution in [0.2, 0.25) is 5.02 Å². The molecule has 0 bridgehead atoms. The summed E-state index contributed by atoms with van der Waals surface area (Å²) in [6.07, 6.45) is -4.52. The maximum Gasteiger partial charge on any atom is 0.445 e. The average Bonchev–Trinajstić information content (AvgIpc) is 3.07. The molecule has 1 fully saturated rings. The van der Waals surface area contributed by atoms with E-state index in [1.807, 2.05) is 0 Å². The quantitative estimate of drug-likeness (QED) is 0.733. The van der Waals surface area contributed by atoms with Gasteiger partial charge in [0, 0.05) is 31.7 Å². The lowest BCUT2D eigenvalue weighted by Gasteiger charge is -2.34. The van der Waals surface area contributed by atoms with E-state index in [0.29, 0.717) is 24.4 Å². The number of piperazine rings is 1. The second-order valence-corrected chi connectivity index (χ2v) is 6.66. The van der Waals surface area contributed by atoms with Crippen LogP contribution in [-0.4, -0.2) is 47.2 Å².